The predicted molar refractivity (Wildman–Crippen MR) is 89.1 cm³/mol. The summed E-state index contributed by atoms with van der Waals surface area (Å²) >= 11 is 0. The highest BCUT2D eigenvalue weighted by molar-refractivity contribution is 5.95. The predicted octanol–water partition coefficient (Wildman–Crippen LogP) is 2.72. The summed E-state index contributed by atoms with van der Waals surface area (Å²) in [6.45, 7) is 2.04. The molecule has 0 spiro atoms. The van der Waals surface area contributed by atoms with E-state index >= 15 is 0 Å². The molecule has 1 aromatic carbocycles. The molecule has 1 heterocycles. The molecular weight excluding hydrogens is 298 g/mol. The Bertz CT molecular complexity index is 697. The first-order chi connectivity index (χ1) is 10.1. The number of H-pyrrole nitrogens is 1. The Morgan fingerprint density at radius 1 is 1.35 bits per heavy atom. The molecule has 2 aromatic rings. The molecule has 0 saturated heterocycles. The highest BCUT2D eigenvalue weighted by atomic mass is 16.7. The van der Waals surface area contributed by atoms with Crippen LogP contribution in [0.4, 0.5) is 5.69 Å². The number of hydrogen-bond acceptors (Lipinski definition) is 6. The van der Waals surface area contributed by atoms with Crippen LogP contribution in [0.15, 0.2) is 23.0 Å². The Labute approximate surface area is 135 Å². The minimum atomic E-state index is -0.539. The van der Waals surface area contributed by atoms with E-state index in [9.17, 15) is 14.7 Å². The Hall–Kier alpha value is -2.57. The Morgan fingerprint density at radius 3 is 2.78 bits per heavy atom. The van der Waals surface area contributed by atoms with E-state index in [1.54, 1.807) is 12.1 Å². The van der Waals surface area contributed by atoms with Crippen molar-refractivity contribution in [2.24, 2.45) is 0 Å². The second kappa shape index (κ2) is 9.45. The number of nitrogens with one attached hydrogen (secondary N) is 2. The van der Waals surface area contributed by atoms with E-state index in [2.05, 4.69) is 15.7 Å². The van der Waals surface area contributed by atoms with Crippen molar-refractivity contribution in [1.82, 2.24) is 10.2 Å². The van der Waals surface area contributed by atoms with Crippen molar-refractivity contribution in [3.05, 3.63) is 28.6 Å². The molecule has 0 aliphatic carbocycles. The van der Waals surface area contributed by atoms with Gasteiger partial charge < -0.3 is 9.94 Å². The van der Waals surface area contributed by atoms with Crippen LogP contribution in [0.2, 0.25) is 0 Å². The van der Waals surface area contributed by atoms with Crippen molar-refractivity contribution in [3.63, 3.8) is 0 Å². The van der Waals surface area contributed by atoms with Gasteiger partial charge in [-0.25, -0.2) is 15.4 Å². The first kappa shape index (κ1) is 20.4. The number of anilines is 1. The van der Waals surface area contributed by atoms with Crippen LogP contribution in [-0.4, -0.2) is 16.2 Å². The molecule has 0 aliphatic rings. The molecule has 128 valence electrons. The summed E-state index contributed by atoms with van der Waals surface area (Å²) in [4.78, 5) is 28.2. The molecule has 2 rings (SSSR count). The fraction of sp³-hybridized carbons (Fsp3) is 0.438. The van der Waals surface area contributed by atoms with Gasteiger partial charge in [0.05, 0.1) is 11.1 Å². The molecule has 0 saturated carbocycles. The average molecular weight is 322 g/mol. The van der Waals surface area contributed by atoms with E-state index in [0.29, 0.717) is 6.42 Å². The zero-order valence-electron chi connectivity index (χ0n) is 11.6. The number of aromatic nitrogens is 2. The second-order valence-electron chi connectivity index (χ2n) is 4.62. The fourth-order valence-electron chi connectivity index (χ4n) is 1.96. The van der Waals surface area contributed by atoms with Crippen LogP contribution in [0.1, 0.15) is 47.5 Å². The van der Waals surface area contributed by atoms with Crippen LogP contribution in [0.25, 0.3) is 10.8 Å². The van der Waals surface area contributed by atoms with Crippen LogP contribution >= 0.6 is 0 Å². The molecule has 0 atom stereocenters. The Kier molecular flexibility index (Phi) is 8.39. The number of hydrogen-bond donors (Lipinski definition) is 2. The number of rotatable bonds is 6. The average Bonchev–Trinajstić information content (AvgIpc) is 2.49. The third-order valence-electron chi connectivity index (χ3n) is 3.04. The smallest absolute Gasteiger partial charge is 0.332 e. The van der Waals surface area contributed by atoms with Gasteiger partial charge in [-0.15, -0.1) is 0 Å². The van der Waals surface area contributed by atoms with Crippen molar-refractivity contribution < 1.29 is 14.7 Å². The molecule has 0 bridgehead atoms. The zero-order chi connectivity index (χ0) is 15.2. The van der Waals surface area contributed by atoms with E-state index in [-0.39, 0.29) is 31.3 Å². The summed E-state index contributed by atoms with van der Waals surface area (Å²) in [6.07, 6.45) is 3.02. The van der Waals surface area contributed by atoms with Crippen LogP contribution in [0.3, 0.4) is 0 Å². The van der Waals surface area contributed by atoms with Crippen molar-refractivity contribution >= 4 is 22.4 Å². The molecule has 0 amide bonds. The number of aromatic amines is 1. The van der Waals surface area contributed by atoms with Crippen LogP contribution < -0.4 is 16.1 Å². The van der Waals surface area contributed by atoms with E-state index in [0.717, 1.165) is 19.3 Å². The molecule has 0 radical (unpaired) electrons. The molecule has 2 N–H and O–H groups in total. The number of nitrogens with zero attached hydrogens (tertiary/aromatic N) is 1. The van der Waals surface area contributed by atoms with Gasteiger partial charge in [-0.05, 0) is 12.5 Å². The lowest BCUT2D eigenvalue weighted by molar-refractivity contribution is -0.273. The summed E-state index contributed by atoms with van der Waals surface area (Å²) in [6, 6.07) is 4.63. The van der Waals surface area contributed by atoms with E-state index in [1.165, 1.54) is 6.07 Å². The molecular formula is C16H24N3O4-. The number of benzene rings is 1. The summed E-state index contributed by atoms with van der Waals surface area (Å²) in [5.74, 6) is -0.948. The molecule has 1 aromatic heterocycles. The minimum absolute atomic E-state index is 0. The topological polar surface area (TPSA) is 107 Å². The SMILES string of the molecule is C.C.CCCCCC(=O)ONc1cccc2c([O-])n[nH]c(=O)c12. The van der Waals surface area contributed by atoms with Gasteiger partial charge in [0.25, 0.3) is 5.56 Å². The molecule has 0 unspecified atom stereocenters. The molecule has 7 nitrogen and oxygen atoms in total. The highest BCUT2D eigenvalue weighted by Crippen LogP contribution is 2.23. The lowest BCUT2D eigenvalue weighted by Crippen LogP contribution is -2.15. The molecule has 0 fully saturated rings. The number of carbonyl (C=O) groups excluding carboxylic acids is 1. The van der Waals surface area contributed by atoms with Crippen LogP contribution in [-0.2, 0) is 9.63 Å². The summed E-state index contributed by atoms with van der Waals surface area (Å²) in [7, 11) is 0. The van der Waals surface area contributed by atoms with Crippen molar-refractivity contribution in [2.45, 2.75) is 47.5 Å². The van der Waals surface area contributed by atoms with Gasteiger partial charge >= 0.3 is 5.97 Å². The zero-order valence-corrected chi connectivity index (χ0v) is 11.6. The van der Waals surface area contributed by atoms with Crippen molar-refractivity contribution in [2.75, 3.05) is 5.48 Å². The first-order valence-electron chi connectivity index (χ1n) is 6.77. The molecule has 0 aliphatic heterocycles. The third-order valence-corrected chi connectivity index (χ3v) is 3.04. The lowest BCUT2D eigenvalue weighted by Gasteiger charge is -2.12. The summed E-state index contributed by atoms with van der Waals surface area (Å²) < 4.78 is 0. The molecule has 7 heteroatoms. The van der Waals surface area contributed by atoms with E-state index in [4.69, 9.17) is 4.84 Å². The molecule has 23 heavy (non-hydrogen) atoms. The Balaban J connectivity index is 0.00000242. The van der Waals surface area contributed by atoms with Crippen LogP contribution in [0, 0.1) is 0 Å². The number of unbranched alkanes of at least 4 members (excludes halogenated alkanes) is 2. The minimum Gasteiger partial charge on any atom is -0.857 e. The second-order valence-corrected chi connectivity index (χ2v) is 4.62. The van der Waals surface area contributed by atoms with Gasteiger partial charge in [0, 0.05) is 17.7 Å². The van der Waals surface area contributed by atoms with Gasteiger partial charge in [0.15, 0.2) is 0 Å². The normalized spacial score (nSPS) is 9.61. The largest absolute Gasteiger partial charge is 0.857 e. The van der Waals surface area contributed by atoms with Gasteiger partial charge in [-0.2, -0.15) is 5.10 Å². The van der Waals surface area contributed by atoms with Gasteiger partial charge in [0.1, 0.15) is 0 Å². The maximum Gasteiger partial charge on any atom is 0.332 e. The van der Waals surface area contributed by atoms with Gasteiger partial charge in [0.2, 0.25) is 0 Å². The van der Waals surface area contributed by atoms with E-state index in [1.807, 2.05) is 6.92 Å². The lowest BCUT2D eigenvalue weighted by atomic mass is 10.1. The van der Waals surface area contributed by atoms with E-state index < -0.39 is 17.4 Å². The number of carbonyl (C=O) groups is 1. The van der Waals surface area contributed by atoms with Gasteiger partial charge in [-0.3, -0.25) is 4.79 Å². The maximum absolute atomic E-state index is 11.8. The Morgan fingerprint density at radius 2 is 2.09 bits per heavy atom. The summed E-state index contributed by atoms with van der Waals surface area (Å²) in [5.41, 5.74) is 2.19. The number of fused-ring (bicyclic) bond motifs is 1. The van der Waals surface area contributed by atoms with Crippen LogP contribution in [0.5, 0.6) is 5.88 Å². The summed E-state index contributed by atoms with van der Waals surface area (Å²) in [5, 5.41) is 17.4. The maximum atomic E-state index is 11.8. The highest BCUT2D eigenvalue weighted by Gasteiger charge is 2.08. The van der Waals surface area contributed by atoms with Crippen molar-refractivity contribution in [3.8, 4) is 5.88 Å². The quantitative estimate of drug-likeness (QED) is 0.625. The fourth-order valence-corrected chi connectivity index (χ4v) is 1.96. The first-order valence-corrected chi connectivity index (χ1v) is 6.77. The van der Waals surface area contributed by atoms with Gasteiger partial charge in [-0.1, -0.05) is 46.8 Å². The third kappa shape index (κ3) is 4.98. The van der Waals surface area contributed by atoms with Crippen molar-refractivity contribution in [1.29, 1.82) is 0 Å². The monoisotopic (exact) mass is 322 g/mol. The standard InChI is InChI=1S/C14H17N3O4.2CH4/c1-2-3-4-8-11(18)21-17-10-7-5-6-9-12(10)14(20)16-15-13(9)19;;/h5-7,17H,2-4,8H2,1H3,(H,15,19)(H,16,20);2*1H4/p-1.